The molecule has 1 fully saturated rings. The van der Waals surface area contributed by atoms with E-state index in [2.05, 4.69) is 19.2 Å². The molecule has 1 aliphatic rings. The number of likely N-dealkylation sites (tertiary alicyclic amines) is 1. The maximum atomic E-state index is 11.8. The highest BCUT2D eigenvalue weighted by Crippen LogP contribution is 2.15. The molecule has 4 nitrogen and oxygen atoms in total. The molecule has 18 heavy (non-hydrogen) atoms. The second-order valence-electron chi connectivity index (χ2n) is 5.16. The molecule has 0 unspecified atom stereocenters. The van der Waals surface area contributed by atoms with Gasteiger partial charge >= 0.3 is 0 Å². The average Bonchev–Trinajstić information content (AvgIpc) is 2.34. The lowest BCUT2D eigenvalue weighted by Gasteiger charge is -2.32. The molecule has 1 saturated heterocycles. The van der Waals surface area contributed by atoms with Gasteiger partial charge in [-0.15, -0.1) is 12.4 Å². The molecule has 108 valence electrons. The Hall–Kier alpha value is -0.320. The van der Waals surface area contributed by atoms with Crippen LogP contribution in [0.1, 0.15) is 33.1 Å². The summed E-state index contributed by atoms with van der Waals surface area (Å²) >= 11 is 0. The molecule has 0 radical (unpaired) electrons. The van der Waals surface area contributed by atoms with Gasteiger partial charge in [-0.25, -0.2) is 0 Å². The summed E-state index contributed by atoms with van der Waals surface area (Å²) in [5.41, 5.74) is 0. The van der Waals surface area contributed by atoms with Crippen molar-refractivity contribution in [1.29, 1.82) is 0 Å². The zero-order chi connectivity index (χ0) is 12.7. The summed E-state index contributed by atoms with van der Waals surface area (Å²) < 4.78 is 5.80. The number of hydrogen-bond donors (Lipinski definition) is 1. The standard InChI is InChI=1S/C13H26N2O2.ClH/c1-11(2)10-17-12-5-8-15(9-6-12)13(16)4-7-14-3;/h11-12,14H,4-10H2,1-3H3;1H. The topological polar surface area (TPSA) is 41.6 Å². The molecule has 0 spiro atoms. The van der Waals surface area contributed by atoms with E-state index in [-0.39, 0.29) is 18.3 Å². The van der Waals surface area contributed by atoms with Crippen LogP contribution in [0.15, 0.2) is 0 Å². The number of nitrogens with zero attached hydrogens (tertiary/aromatic N) is 1. The fourth-order valence-corrected chi connectivity index (χ4v) is 1.99. The molecular formula is C13H27ClN2O2. The molecule has 0 aromatic heterocycles. The van der Waals surface area contributed by atoms with Crippen LogP contribution in [0.2, 0.25) is 0 Å². The van der Waals surface area contributed by atoms with Crippen LogP contribution in [0, 0.1) is 5.92 Å². The summed E-state index contributed by atoms with van der Waals surface area (Å²) in [4.78, 5) is 13.7. The molecule has 1 aliphatic heterocycles. The summed E-state index contributed by atoms with van der Waals surface area (Å²) in [5.74, 6) is 0.854. The quantitative estimate of drug-likeness (QED) is 0.804. The van der Waals surface area contributed by atoms with Crippen molar-refractivity contribution in [1.82, 2.24) is 10.2 Å². The smallest absolute Gasteiger partial charge is 0.223 e. The number of halogens is 1. The minimum Gasteiger partial charge on any atom is -0.378 e. The zero-order valence-electron chi connectivity index (χ0n) is 11.8. The van der Waals surface area contributed by atoms with Gasteiger partial charge in [0.1, 0.15) is 0 Å². The van der Waals surface area contributed by atoms with Crippen molar-refractivity contribution in [3.8, 4) is 0 Å². The fourth-order valence-electron chi connectivity index (χ4n) is 1.99. The fraction of sp³-hybridized carbons (Fsp3) is 0.923. The van der Waals surface area contributed by atoms with Crippen LogP contribution >= 0.6 is 12.4 Å². The number of piperidine rings is 1. The highest BCUT2D eigenvalue weighted by Gasteiger charge is 2.22. The molecule has 0 atom stereocenters. The van der Waals surface area contributed by atoms with Crippen molar-refractivity contribution >= 4 is 18.3 Å². The van der Waals surface area contributed by atoms with Gasteiger partial charge in [0.05, 0.1) is 6.10 Å². The molecule has 0 bridgehead atoms. The Balaban J connectivity index is 0.00000289. The Morgan fingerprint density at radius 3 is 2.50 bits per heavy atom. The number of ether oxygens (including phenoxy) is 1. The summed E-state index contributed by atoms with van der Waals surface area (Å²) in [6, 6.07) is 0. The molecule has 1 heterocycles. The molecular weight excluding hydrogens is 252 g/mol. The van der Waals surface area contributed by atoms with Crippen molar-refractivity contribution in [3.63, 3.8) is 0 Å². The Kier molecular flexibility index (Phi) is 9.42. The van der Waals surface area contributed by atoms with E-state index in [1.165, 1.54) is 0 Å². The van der Waals surface area contributed by atoms with Crippen LogP contribution in [0.3, 0.4) is 0 Å². The maximum Gasteiger partial charge on any atom is 0.223 e. The highest BCUT2D eigenvalue weighted by molar-refractivity contribution is 5.85. The van der Waals surface area contributed by atoms with Gasteiger partial charge < -0.3 is 15.0 Å². The van der Waals surface area contributed by atoms with Crippen molar-refractivity contribution in [2.75, 3.05) is 33.3 Å². The van der Waals surface area contributed by atoms with Crippen LogP contribution in [-0.2, 0) is 9.53 Å². The zero-order valence-corrected chi connectivity index (χ0v) is 12.6. The van der Waals surface area contributed by atoms with Gasteiger partial charge in [0.25, 0.3) is 0 Å². The van der Waals surface area contributed by atoms with Gasteiger partial charge in [0.15, 0.2) is 0 Å². The minimum absolute atomic E-state index is 0. The average molecular weight is 279 g/mol. The summed E-state index contributed by atoms with van der Waals surface area (Å²) in [6.45, 7) is 7.63. The lowest BCUT2D eigenvalue weighted by molar-refractivity contribution is -0.133. The number of hydrogen-bond acceptors (Lipinski definition) is 3. The molecule has 1 N–H and O–H groups in total. The predicted molar refractivity (Wildman–Crippen MR) is 76.2 cm³/mol. The summed E-state index contributed by atoms with van der Waals surface area (Å²) in [5, 5.41) is 3.01. The molecule has 0 aliphatic carbocycles. The second-order valence-corrected chi connectivity index (χ2v) is 5.16. The van der Waals surface area contributed by atoms with Crippen LogP contribution in [-0.4, -0.2) is 50.2 Å². The van der Waals surface area contributed by atoms with E-state index in [1.807, 2.05) is 11.9 Å². The van der Waals surface area contributed by atoms with Gasteiger partial charge in [-0.1, -0.05) is 13.8 Å². The van der Waals surface area contributed by atoms with Gasteiger partial charge in [-0.3, -0.25) is 4.79 Å². The number of amides is 1. The van der Waals surface area contributed by atoms with Crippen molar-refractivity contribution in [2.24, 2.45) is 5.92 Å². The van der Waals surface area contributed by atoms with Crippen LogP contribution in [0.4, 0.5) is 0 Å². The molecule has 0 aromatic rings. The molecule has 0 aromatic carbocycles. The van der Waals surface area contributed by atoms with Crippen LogP contribution in [0.5, 0.6) is 0 Å². The van der Waals surface area contributed by atoms with Gasteiger partial charge in [0.2, 0.25) is 5.91 Å². The normalized spacial score (nSPS) is 16.8. The molecule has 0 saturated carbocycles. The summed E-state index contributed by atoms with van der Waals surface area (Å²) in [7, 11) is 1.87. The first-order valence-corrected chi connectivity index (χ1v) is 6.67. The third-order valence-electron chi connectivity index (χ3n) is 3.05. The maximum absolute atomic E-state index is 11.8. The Morgan fingerprint density at radius 1 is 1.39 bits per heavy atom. The first-order valence-electron chi connectivity index (χ1n) is 6.67. The van der Waals surface area contributed by atoms with E-state index < -0.39 is 0 Å². The van der Waals surface area contributed by atoms with Gasteiger partial charge in [0, 0.05) is 32.7 Å². The highest BCUT2D eigenvalue weighted by atomic mass is 35.5. The lowest BCUT2D eigenvalue weighted by atomic mass is 10.1. The van der Waals surface area contributed by atoms with E-state index in [9.17, 15) is 4.79 Å². The minimum atomic E-state index is 0. The Labute approximate surface area is 117 Å². The SMILES string of the molecule is CNCCC(=O)N1CCC(OCC(C)C)CC1.Cl. The van der Waals surface area contributed by atoms with Crippen molar-refractivity contribution in [3.05, 3.63) is 0 Å². The first-order chi connectivity index (χ1) is 8.13. The van der Waals surface area contributed by atoms with E-state index in [0.29, 0.717) is 18.4 Å². The third-order valence-corrected chi connectivity index (χ3v) is 3.05. The second kappa shape index (κ2) is 9.59. The summed E-state index contributed by atoms with van der Waals surface area (Å²) in [6.07, 6.45) is 2.93. The molecule has 1 rings (SSSR count). The van der Waals surface area contributed by atoms with Crippen LogP contribution in [0.25, 0.3) is 0 Å². The number of carbonyl (C=O) groups excluding carboxylic acids is 1. The van der Waals surface area contributed by atoms with Gasteiger partial charge in [-0.05, 0) is 25.8 Å². The largest absolute Gasteiger partial charge is 0.378 e. The number of nitrogens with one attached hydrogen (secondary N) is 1. The van der Waals surface area contributed by atoms with E-state index in [4.69, 9.17) is 4.74 Å². The number of carbonyl (C=O) groups is 1. The Morgan fingerprint density at radius 2 is 2.00 bits per heavy atom. The van der Waals surface area contributed by atoms with E-state index in [0.717, 1.165) is 39.1 Å². The van der Waals surface area contributed by atoms with E-state index in [1.54, 1.807) is 0 Å². The Bertz CT molecular complexity index is 229. The lowest BCUT2D eigenvalue weighted by Crippen LogP contribution is -2.41. The van der Waals surface area contributed by atoms with Crippen molar-refractivity contribution in [2.45, 2.75) is 39.2 Å². The molecule has 1 amide bonds. The van der Waals surface area contributed by atoms with Crippen LogP contribution < -0.4 is 5.32 Å². The third kappa shape index (κ3) is 6.57. The number of rotatable bonds is 6. The predicted octanol–water partition coefficient (Wildman–Crippen LogP) is 1.68. The van der Waals surface area contributed by atoms with E-state index >= 15 is 0 Å². The molecule has 5 heteroatoms. The van der Waals surface area contributed by atoms with Gasteiger partial charge in [-0.2, -0.15) is 0 Å². The first kappa shape index (κ1) is 17.7. The van der Waals surface area contributed by atoms with Crippen molar-refractivity contribution < 1.29 is 9.53 Å². The monoisotopic (exact) mass is 278 g/mol.